The number of rotatable bonds is 4. The van der Waals surface area contributed by atoms with Crippen LogP contribution in [0.3, 0.4) is 0 Å². The fourth-order valence-corrected chi connectivity index (χ4v) is 9.93. The van der Waals surface area contributed by atoms with Gasteiger partial charge in [-0.05, 0) is 123 Å². The van der Waals surface area contributed by atoms with Gasteiger partial charge in [0, 0.05) is 12.5 Å². The van der Waals surface area contributed by atoms with E-state index in [0.717, 1.165) is 38.5 Å². The van der Waals surface area contributed by atoms with Crippen molar-refractivity contribution in [3.05, 3.63) is 29.4 Å². The van der Waals surface area contributed by atoms with Gasteiger partial charge < -0.3 is 14.6 Å². The van der Waals surface area contributed by atoms with Crippen LogP contribution in [0.5, 0.6) is 0 Å². The Hall–Kier alpha value is -1.46. The van der Waals surface area contributed by atoms with E-state index >= 15 is 0 Å². The lowest BCUT2D eigenvalue weighted by Crippen LogP contribution is -2.58. The summed E-state index contributed by atoms with van der Waals surface area (Å²) < 4.78 is 19.9. The minimum Gasteiger partial charge on any atom is -0.441 e. The Kier molecular flexibility index (Phi) is 6.07. The molecule has 1 aromatic heterocycles. The molecule has 1 unspecified atom stereocenters. The third kappa shape index (κ3) is 3.78. The molecule has 10 atom stereocenters. The molecular weight excluding hydrogens is 453 g/mol. The average molecular weight is 498 g/mol. The lowest BCUT2D eigenvalue weighted by atomic mass is 9.43. The second-order valence-electron chi connectivity index (χ2n) is 13.6. The first kappa shape index (κ1) is 24.9. The standard InChI is InChI=1S/C31H44FNO3/c1-17(5-8-28-33-25-16-24(32)18(2)13-27(25)36-28)21-6-7-22-29-23(10-12-31(21,22)4)30(3)11-9-20(34)14-19(30)15-26(29)35/h13,16-17,19-23,26,29,34-35H,5-12,14-15H2,1-4H3/t17?,19-,20+,21+,22-,23-,26-,29-,30-,31+/m0/s1. The maximum atomic E-state index is 13.9. The molecule has 4 aliphatic carbocycles. The van der Waals surface area contributed by atoms with Crippen LogP contribution in [-0.4, -0.2) is 27.4 Å². The number of aliphatic hydroxyl groups is 2. The van der Waals surface area contributed by atoms with Crippen molar-refractivity contribution in [2.24, 2.45) is 46.3 Å². The van der Waals surface area contributed by atoms with Gasteiger partial charge in [-0.25, -0.2) is 9.37 Å². The quantitative estimate of drug-likeness (QED) is 0.486. The molecule has 198 valence electrons. The van der Waals surface area contributed by atoms with E-state index in [9.17, 15) is 14.6 Å². The molecule has 6 rings (SSSR count). The lowest BCUT2D eigenvalue weighted by Gasteiger charge is -2.62. The molecule has 0 spiro atoms. The van der Waals surface area contributed by atoms with Crippen LogP contribution < -0.4 is 0 Å². The number of aliphatic hydroxyl groups excluding tert-OH is 2. The van der Waals surface area contributed by atoms with Crippen LogP contribution in [0.4, 0.5) is 4.39 Å². The molecule has 4 fully saturated rings. The maximum Gasteiger partial charge on any atom is 0.195 e. The molecule has 4 saturated carbocycles. The fraction of sp³-hybridized carbons (Fsp3) is 0.774. The van der Waals surface area contributed by atoms with Crippen LogP contribution >= 0.6 is 0 Å². The number of nitrogens with zero attached hydrogens (tertiary/aromatic N) is 1. The molecule has 0 aliphatic heterocycles. The summed E-state index contributed by atoms with van der Waals surface area (Å²) in [5, 5.41) is 21.8. The van der Waals surface area contributed by atoms with Crippen LogP contribution in [0.2, 0.25) is 0 Å². The van der Waals surface area contributed by atoms with Crippen LogP contribution in [0.25, 0.3) is 11.1 Å². The van der Waals surface area contributed by atoms with Crippen LogP contribution in [0, 0.1) is 59.1 Å². The molecule has 4 aliphatic rings. The highest BCUT2D eigenvalue weighted by atomic mass is 19.1. The molecular formula is C31H44FNO3. The summed E-state index contributed by atoms with van der Waals surface area (Å²) in [6.07, 6.45) is 10.1. The largest absolute Gasteiger partial charge is 0.441 e. The van der Waals surface area contributed by atoms with Gasteiger partial charge in [-0.15, -0.1) is 0 Å². The Bertz CT molecular complexity index is 1090. The summed E-state index contributed by atoms with van der Waals surface area (Å²) >= 11 is 0. The molecule has 2 aromatic rings. The smallest absolute Gasteiger partial charge is 0.195 e. The monoisotopic (exact) mass is 497 g/mol. The van der Waals surface area contributed by atoms with Crippen LogP contribution in [0.15, 0.2) is 16.5 Å². The van der Waals surface area contributed by atoms with Crippen LogP contribution in [0.1, 0.15) is 90.0 Å². The minimum atomic E-state index is -0.231. The van der Waals surface area contributed by atoms with Gasteiger partial charge in [-0.2, -0.15) is 0 Å². The summed E-state index contributed by atoms with van der Waals surface area (Å²) in [4.78, 5) is 4.57. The molecule has 4 nitrogen and oxygen atoms in total. The third-order valence-electron chi connectivity index (χ3n) is 11.9. The van der Waals surface area contributed by atoms with Crippen molar-refractivity contribution in [1.82, 2.24) is 4.98 Å². The highest BCUT2D eigenvalue weighted by Gasteiger charge is 2.62. The van der Waals surface area contributed by atoms with Crippen LogP contribution in [-0.2, 0) is 6.42 Å². The number of oxazole rings is 1. The number of halogens is 1. The van der Waals surface area contributed by atoms with Gasteiger partial charge in [0.15, 0.2) is 11.5 Å². The Morgan fingerprint density at radius 2 is 1.81 bits per heavy atom. The predicted molar refractivity (Wildman–Crippen MR) is 139 cm³/mol. The topological polar surface area (TPSA) is 66.5 Å². The summed E-state index contributed by atoms with van der Waals surface area (Å²) in [6, 6.07) is 3.23. The van der Waals surface area contributed by atoms with E-state index in [1.54, 1.807) is 13.0 Å². The summed E-state index contributed by atoms with van der Waals surface area (Å²) in [6.45, 7) is 9.16. The van der Waals surface area contributed by atoms with E-state index in [-0.39, 0.29) is 28.9 Å². The highest BCUT2D eigenvalue weighted by Crippen LogP contribution is 2.68. The molecule has 2 N–H and O–H groups in total. The van der Waals surface area contributed by atoms with E-state index in [2.05, 4.69) is 25.8 Å². The van der Waals surface area contributed by atoms with Gasteiger partial charge in [0.25, 0.3) is 0 Å². The fourth-order valence-electron chi connectivity index (χ4n) is 9.93. The zero-order chi connectivity index (χ0) is 25.4. The summed E-state index contributed by atoms with van der Waals surface area (Å²) in [5.41, 5.74) is 2.43. The normalized spacial score (nSPS) is 43.1. The number of hydrogen-bond acceptors (Lipinski definition) is 4. The Morgan fingerprint density at radius 3 is 2.61 bits per heavy atom. The molecule has 0 amide bonds. The Balaban J connectivity index is 1.17. The van der Waals surface area contributed by atoms with Gasteiger partial charge in [0.2, 0.25) is 0 Å². The first-order chi connectivity index (χ1) is 17.1. The van der Waals surface area contributed by atoms with E-state index in [0.29, 0.717) is 58.1 Å². The van der Waals surface area contributed by atoms with E-state index in [4.69, 9.17) is 4.42 Å². The minimum absolute atomic E-state index is 0.179. The first-order valence-electron chi connectivity index (χ1n) is 14.5. The SMILES string of the molecule is Cc1cc2oc(CCC(C)[C@H]3CC[C@H]4[C@@H]5[C@@H](O)C[C@@H]6C[C@H](O)CC[C@]6(C)[C@H]5CC[C@]34C)nc2cc1F. The second kappa shape index (κ2) is 8.80. The Labute approximate surface area is 215 Å². The first-order valence-corrected chi connectivity index (χ1v) is 14.5. The lowest BCUT2D eigenvalue weighted by molar-refractivity contribution is -0.174. The maximum absolute atomic E-state index is 13.9. The zero-order valence-corrected chi connectivity index (χ0v) is 22.5. The highest BCUT2D eigenvalue weighted by molar-refractivity contribution is 5.73. The van der Waals surface area contributed by atoms with Gasteiger partial charge in [-0.1, -0.05) is 20.8 Å². The summed E-state index contributed by atoms with van der Waals surface area (Å²) in [5.74, 6) is 3.75. The number of fused-ring (bicyclic) bond motifs is 6. The van der Waals surface area contributed by atoms with Crippen molar-refractivity contribution in [2.45, 2.75) is 104 Å². The molecule has 0 bridgehead atoms. The van der Waals surface area contributed by atoms with E-state index < -0.39 is 0 Å². The number of aromatic nitrogens is 1. The van der Waals surface area contributed by atoms with Gasteiger partial charge in [0.05, 0.1) is 12.2 Å². The van der Waals surface area contributed by atoms with Crippen molar-refractivity contribution in [2.75, 3.05) is 0 Å². The number of aryl methyl sites for hydroxylation is 2. The van der Waals surface area contributed by atoms with Crippen molar-refractivity contribution < 1.29 is 19.0 Å². The number of hydrogen-bond donors (Lipinski definition) is 2. The van der Waals surface area contributed by atoms with Gasteiger partial charge >= 0.3 is 0 Å². The summed E-state index contributed by atoms with van der Waals surface area (Å²) in [7, 11) is 0. The zero-order valence-electron chi connectivity index (χ0n) is 22.5. The third-order valence-corrected chi connectivity index (χ3v) is 11.9. The van der Waals surface area contributed by atoms with Crippen molar-refractivity contribution in [3.63, 3.8) is 0 Å². The molecule has 5 heteroatoms. The van der Waals surface area contributed by atoms with Crippen molar-refractivity contribution in [3.8, 4) is 0 Å². The van der Waals surface area contributed by atoms with Crippen molar-refractivity contribution >= 4 is 11.1 Å². The number of benzene rings is 1. The van der Waals surface area contributed by atoms with E-state index in [1.165, 1.54) is 31.7 Å². The molecule has 0 radical (unpaired) electrons. The van der Waals surface area contributed by atoms with Gasteiger partial charge in [-0.3, -0.25) is 0 Å². The second-order valence-corrected chi connectivity index (χ2v) is 13.6. The Morgan fingerprint density at radius 1 is 1.06 bits per heavy atom. The van der Waals surface area contributed by atoms with Gasteiger partial charge in [0.1, 0.15) is 11.3 Å². The van der Waals surface area contributed by atoms with E-state index in [1.807, 2.05) is 0 Å². The molecule has 0 saturated heterocycles. The average Bonchev–Trinajstić information content (AvgIpc) is 3.39. The molecule has 36 heavy (non-hydrogen) atoms. The molecule has 1 heterocycles. The molecule has 1 aromatic carbocycles. The van der Waals surface area contributed by atoms with Crippen molar-refractivity contribution in [1.29, 1.82) is 0 Å². The predicted octanol–water partition coefficient (Wildman–Crippen LogP) is 6.83.